The molecule has 4 rings (SSSR count). The lowest BCUT2D eigenvalue weighted by Crippen LogP contribution is -2.03. The second-order valence-electron chi connectivity index (χ2n) is 9.85. The summed E-state index contributed by atoms with van der Waals surface area (Å²) in [7, 11) is 0. The number of halogens is 1. The number of para-hydroxylation sites is 1. The molecule has 0 atom stereocenters. The monoisotopic (exact) mass is 575 g/mol. The van der Waals surface area contributed by atoms with Crippen LogP contribution < -0.4 is 9.47 Å². The molecule has 0 aliphatic carbocycles. The number of nitrogens with zero attached hydrogens (tertiary/aromatic N) is 1. The Balaban J connectivity index is 1.34. The molecule has 1 heterocycles. The van der Waals surface area contributed by atoms with Gasteiger partial charge in [-0.3, -0.25) is 9.59 Å². The fraction of sp³-hybridized carbons (Fsp3) is 0.273. The van der Waals surface area contributed by atoms with Gasteiger partial charge in [0.25, 0.3) is 0 Å². The van der Waals surface area contributed by atoms with Gasteiger partial charge in [-0.2, -0.15) is 0 Å². The van der Waals surface area contributed by atoms with Gasteiger partial charge in [0.2, 0.25) is 0 Å². The summed E-state index contributed by atoms with van der Waals surface area (Å²) in [5, 5.41) is 19.9. The van der Waals surface area contributed by atoms with Crippen molar-refractivity contribution in [2.24, 2.45) is 0 Å². The number of unbranched alkanes of at least 4 members (excludes halogenated alkanes) is 1. The molecule has 214 valence electrons. The molecule has 0 saturated carbocycles. The van der Waals surface area contributed by atoms with Crippen molar-refractivity contribution < 1.29 is 29.3 Å². The minimum atomic E-state index is -0.910. The third-order valence-electron chi connectivity index (χ3n) is 6.70. The Labute approximate surface area is 244 Å². The Hall–Kier alpha value is -4.23. The zero-order valence-electron chi connectivity index (χ0n) is 23.0. The van der Waals surface area contributed by atoms with Crippen molar-refractivity contribution in [3.63, 3.8) is 0 Å². The largest absolute Gasteiger partial charge is 0.494 e. The van der Waals surface area contributed by atoms with Crippen molar-refractivity contribution in [1.29, 1.82) is 0 Å². The number of aryl methyl sites for hydroxylation is 2. The van der Waals surface area contributed by atoms with E-state index >= 15 is 0 Å². The number of carbonyl (C=O) groups is 2. The molecule has 2 N–H and O–H groups in total. The number of hydrogen-bond donors (Lipinski definition) is 2. The van der Waals surface area contributed by atoms with Gasteiger partial charge in [-0.05, 0) is 72.7 Å². The van der Waals surface area contributed by atoms with Gasteiger partial charge >= 0.3 is 11.9 Å². The van der Waals surface area contributed by atoms with E-state index in [1.807, 2.05) is 90.5 Å². The van der Waals surface area contributed by atoms with Gasteiger partial charge in [0.05, 0.1) is 24.7 Å². The highest BCUT2D eigenvalue weighted by Gasteiger charge is 2.14. The smallest absolute Gasteiger partial charge is 0.307 e. The van der Waals surface area contributed by atoms with Gasteiger partial charge in [-0.25, -0.2) is 0 Å². The van der Waals surface area contributed by atoms with Crippen molar-refractivity contribution in [3.05, 3.63) is 94.1 Å². The normalized spacial score (nSPS) is 11.3. The zero-order valence-corrected chi connectivity index (χ0v) is 23.8. The summed E-state index contributed by atoms with van der Waals surface area (Å²) in [5.41, 5.74) is 4.51. The van der Waals surface area contributed by atoms with Crippen LogP contribution in [0.2, 0.25) is 5.02 Å². The number of hydrogen-bond acceptors (Lipinski definition) is 4. The van der Waals surface area contributed by atoms with Crippen molar-refractivity contribution in [1.82, 2.24) is 4.57 Å². The number of carboxylic acid groups (broad SMARTS) is 2. The summed E-state index contributed by atoms with van der Waals surface area (Å²) < 4.78 is 13.7. The van der Waals surface area contributed by atoms with Crippen LogP contribution in [0.5, 0.6) is 11.5 Å². The number of rotatable bonds is 15. The Kier molecular flexibility index (Phi) is 10.5. The van der Waals surface area contributed by atoms with Gasteiger partial charge in [-0.15, -0.1) is 0 Å². The molecule has 0 bridgehead atoms. The van der Waals surface area contributed by atoms with Gasteiger partial charge in [0, 0.05) is 30.1 Å². The number of carboxylic acids is 2. The summed E-state index contributed by atoms with van der Waals surface area (Å²) in [6.07, 6.45) is 7.91. The van der Waals surface area contributed by atoms with E-state index in [2.05, 4.69) is 0 Å². The minimum Gasteiger partial charge on any atom is -0.494 e. The second-order valence-corrected chi connectivity index (χ2v) is 10.3. The molecule has 0 aliphatic rings. The molecule has 8 heteroatoms. The molecule has 0 spiro atoms. The molecule has 0 radical (unpaired) electrons. The van der Waals surface area contributed by atoms with Crippen LogP contribution in [0.4, 0.5) is 0 Å². The van der Waals surface area contributed by atoms with Crippen molar-refractivity contribution in [2.75, 3.05) is 13.2 Å². The summed E-state index contributed by atoms with van der Waals surface area (Å²) in [6.45, 7) is 3.64. The molecule has 0 fully saturated rings. The van der Waals surface area contributed by atoms with Gasteiger partial charge in [-0.1, -0.05) is 60.2 Å². The highest BCUT2D eigenvalue weighted by Crippen LogP contribution is 2.29. The van der Waals surface area contributed by atoms with Crippen molar-refractivity contribution >= 4 is 46.6 Å². The van der Waals surface area contributed by atoms with Gasteiger partial charge in [0.15, 0.2) is 0 Å². The van der Waals surface area contributed by atoms with E-state index in [0.29, 0.717) is 36.8 Å². The second kappa shape index (κ2) is 14.4. The van der Waals surface area contributed by atoms with E-state index in [-0.39, 0.29) is 12.8 Å². The Morgan fingerprint density at radius 1 is 0.878 bits per heavy atom. The number of benzene rings is 3. The van der Waals surface area contributed by atoms with Crippen LogP contribution in [-0.4, -0.2) is 39.9 Å². The first-order chi connectivity index (χ1) is 19.8. The van der Waals surface area contributed by atoms with Crippen LogP contribution in [0.15, 0.2) is 66.9 Å². The lowest BCUT2D eigenvalue weighted by molar-refractivity contribution is -0.137. The highest BCUT2D eigenvalue weighted by atomic mass is 35.5. The molecule has 0 amide bonds. The van der Waals surface area contributed by atoms with E-state index in [1.54, 1.807) is 0 Å². The van der Waals surface area contributed by atoms with Crippen LogP contribution in [0.1, 0.15) is 47.9 Å². The minimum absolute atomic E-state index is 0.0605. The molecule has 7 nitrogen and oxygen atoms in total. The maximum Gasteiger partial charge on any atom is 0.307 e. The average molecular weight is 576 g/mol. The molecular formula is C33H34ClNO6. The van der Waals surface area contributed by atoms with E-state index < -0.39 is 11.9 Å². The molecule has 1 aromatic heterocycles. The van der Waals surface area contributed by atoms with Gasteiger partial charge < -0.3 is 24.3 Å². The fourth-order valence-corrected chi connectivity index (χ4v) is 5.00. The third kappa shape index (κ3) is 8.38. The molecule has 41 heavy (non-hydrogen) atoms. The molecule has 3 aromatic carbocycles. The van der Waals surface area contributed by atoms with Crippen LogP contribution in [0.3, 0.4) is 0 Å². The zero-order chi connectivity index (χ0) is 29.2. The molecular weight excluding hydrogens is 542 g/mol. The Bertz CT molecular complexity index is 1500. The third-order valence-corrected chi connectivity index (χ3v) is 7.00. The molecule has 0 unspecified atom stereocenters. The Morgan fingerprint density at radius 3 is 2.32 bits per heavy atom. The number of fused-ring (bicyclic) bond motifs is 1. The van der Waals surface area contributed by atoms with Crippen LogP contribution >= 0.6 is 11.6 Å². The number of ether oxygens (including phenoxy) is 2. The summed E-state index contributed by atoms with van der Waals surface area (Å²) in [5.74, 6) is -0.232. The lowest BCUT2D eigenvalue weighted by Gasteiger charge is -2.11. The predicted octanol–water partition coefficient (Wildman–Crippen LogP) is 7.50. The van der Waals surface area contributed by atoms with Crippen LogP contribution in [-0.2, 0) is 22.6 Å². The van der Waals surface area contributed by atoms with Gasteiger partial charge in [0.1, 0.15) is 11.5 Å². The quantitative estimate of drug-likeness (QED) is 0.112. The van der Waals surface area contributed by atoms with Crippen molar-refractivity contribution in [3.8, 4) is 11.5 Å². The predicted molar refractivity (Wildman–Crippen MR) is 162 cm³/mol. The number of aliphatic carboxylic acids is 2. The van der Waals surface area contributed by atoms with E-state index in [9.17, 15) is 14.7 Å². The first-order valence-corrected chi connectivity index (χ1v) is 14.0. The lowest BCUT2D eigenvalue weighted by atomic mass is 10.0. The maximum absolute atomic E-state index is 11.5. The first-order valence-electron chi connectivity index (χ1n) is 13.6. The van der Waals surface area contributed by atoms with Crippen LogP contribution in [0.25, 0.3) is 23.1 Å². The highest BCUT2D eigenvalue weighted by molar-refractivity contribution is 6.32. The summed E-state index contributed by atoms with van der Waals surface area (Å²) in [4.78, 5) is 22.5. The fourth-order valence-electron chi connectivity index (χ4n) is 4.72. The van der Waals surface area contributed by atoms with Crippen molar-refractivity contribution in [2.45, 2.75) is 45.6 Å². The summed E-state index contributed by atoms with van der Waals surface area (Å²) in [6, 6.07) is 19.3. The Morgan fingerprint density at radius 2 is 1.61 bits per heavy atom. The SMILES string of the molecule is Cc1cccc(Cl)c1OCCCCOc1ccc(C=Cc2cccc3c2c(CC(=O)O)cn3CCCC(=O)O)cc1. The standard InChI is InChI=1S/C33H34ClNO6/c1-23-7-4-9-28(34)33(23)41-20-3-2-19-40-27-16-13-24(14-17-27)12-15-25-8-5-10-29-32(25)26(21-31(38)39)22-35(29)18-6-11-30(36)37/h4-5,7-10,12-17,22H,2-3,6,11,18-21H2,1H3,(H,36,37)(H,38,39). The van der Waals surface area contributed by atoms with Crippen LogP contribution in [0, 0.1) is 6.92 Å². The maximum atomic E-state index is 11.5. The van der Waals surface area contributed by atoms with E-state index in [4.69, 9.17) is 26.2 Å². The topological polar surface area (TPSA) is 98.0 Å². The first kappa shape index (κ1) is 29.7. The number of aromatic nitrogens is 1. The molecule has 0 aliphatic heterocycles. The van der Waals surface area contributed by atoms with E-state index in [0.717, 1.165) is 51.9 Å². The van der Waals surface area contributed by atoms with E-state index in [1.165, 1.54) is 0 Å². The average Bonchev–Trinajstić information content (AvgIpc) is 3.28. The molecule has 0 saturated heterocycles. The molecule has 4 aromatic rings. The summed E-state index contributed by atoms with van der Waals surface area (Å²) >= 11 is 6.20.